The fourth-order valence-corrected chi connectivity index (χ4v) is 19.7. The van der Waals surface area contributed by atoms with Gasteiger partial charge >= 0.3 is 0 Å². The predicted molar refractivity (Wildman–Crippen MR) is 199 cm³/mol. The Kier molecular flexibility index (Phi) is 19.7. The number of rotatable bonds is 6. The Hall–Kier alpha value is 0.562. The van der Waals surface area contributed by atoms with Gasteiger partial charge in [-0.3, -0.25) is 0 Å². The van der Waals surface area contributed by atoms with Crippen LogP contribution in [-0.4, -0.2) is 34.0 Å². The van der Waals surface area contributed by atoms with Crippen molar-refractivity contribution >= 4 is 15.8 Å². The van der Waals surface area contributed by atoms with E-state index in [-0.39, 0.29) is 20.4 Å². The monoisotopic (exact) mass is 742 g/mol. The molecule has 0 aliphatic heterocycles. The van der Waals surface area contributed by atoms with Crippen LogP contribution >= 0.6 is 15.8 Å². The minimum absolute atomic E-state index is 0. The molecule has 258 valence electrons. The van der Waals surface area contributed by atoms with Crippen molar-refractivity contribution in [1.29, 1.82) is 0 Å². The third-order valence-electron chi connectivity index (χ3n) is 12.5. The normalized spacial score (nSPS) is 25.3. The fraction of sp³-hybridized carbons (Fsp3) is 0.857. The van der Waals surface area contributed by atoms with Gasteiger partial charge in [-0.2, -0.15) is 0 Å². The summed E-state index contributed by atoms with van der Waals surface area (Å²) in [5.41, 5.74) is 7.14. The maximum Gasteiger partial charge on any atom is 0 e. The first-order valence-electron chi connectivity index (χ1n) is 20.3. The minimum atomic E-state index is 0. The molecular weight excluding hydrogens is 673 g/mol. The van der Waals surface area contributed by atoms with Gasteiger partial charge in [0, 0.05) is 20.4 Å². The minimum Gasteiger partial charge on any atom is -0.0971 e. The van der Waals surface area contributed by atoms with Gasteiger partial charge in [0.05, 0.1) is 0 Å². The van der Waals surface area contributed by atoms with E-state index in [9.17, 15) is 0 Å². The maximum atomic E-state index is 2.77. The van der Waals surface area contributed by atoms with E-state index in [2.05, 4.69) is 12.1 Å². The summed E-state index contributed by atoms with van der Waals surface area (Å²) in [6.07, 6.45) is 47.2. The van der Waals surface area contributed by atoms with Crippen LogP contribution in [0.25, 0.3) is 0 Å². The smallest absolute Gasteiger partial charge is 0 e. The van der Waals surface area contributed by atoms with Crippen molar-refractivity contribution < 1.29 is 20.4 Å². The average Bonchev–Trinajstić information content (AvgIpc) is 3.13. The Morgan fingerprint density at radius 3 is 0.600 bits per heavy atom. The molecule has 6 fully saturated rings. The predicted octanol–water partition coefficient (Wildman–Crippen LogP) is 14.2. The Bertz CT molecular complexity index is 644. The molecule has 0 spiro atoms. The zero-order valence-electron chi connectivity index (χ0n) is 29.2. The van der Waals surface area contributed by atoms with Gasteiger partial charge in [-0.15, -0.1) is 0 Å². The van der Waals surface area contributed by atoms with E-state index in [4.69, 9.17) is 0 Å². The van der Waals surface area contributed by atoms with Crippen molar-refractivity contribution in [1.82, 2.24) is 0 Å². The molecule has 3 heteroatoms. The second-order valence-corrected chi connectivity index (χ2v) is 21.8. The largest absolute Gasteiger partial charge is 0.0971 e. The molecule has 0 saturated heterocycles. The molecule has 0 bridgehead atoms. The third kappa shape index (κ3) is 13.1. The van der Waals surface area contributed by atoms with Crippen molar-refractivity contribution in [2.75, 3.05) is 0 Å². The van der Waals surface area contributed by atoms with Gasteiger partial charge in [-0.1, -0.05) is 156 Å². The van der Waals surface area contributed by atoms with Crippen LogP contribution in [-0.2, 0) is 20.4 Å². The fourth-order valence-electron chi connectivity index (χ4n) is 10.4. The molecule has 0 nitrogen and oxygen atoms in total. The summed E-state index contributed by atoms with van der Waals surface area (Å²) in [6.45, 7) is 0. The number of hydrogen-bond donors (Lipinski definition) is 0. The Labute approximate surface area is 297 Å². The summed E-state index contributed by atoms with van der Waals surface area (Å²) in [7, 11) is 0.770. The van der Waals surface area contributed by atoms with Crippen LogP contribution in [0.3, 0.4) is 0 Å². The van der Waals surface area contributed by atoms with Crippen LogP contribution < -0.4 is 0 Å². The molecule has 1 aromatic rings. The van der Waals surface area contributed by atoms with E-state index in [1.807, 2.05) is 24.3 Å². The van der Waals surface area contributed by atoms with Gasteiger partial charge in [0.2, 0.25) is 0 Å². The van der Waals surface area contributed by atoms with Gasteiger partial charge in [-0.05, 0) is 123 Å². The van der Waals surface area contributed by atoms with E-state index >= 15 is 0 Å². The van der Waals surface area contributed by atoms with Gasteiger partial charge in [0.15, 0.2) is 0 Å². The van der Waals surface area contributed by atoms with E-state index in [0.29, 0.717) is 15.8 Å². The van der Waals surface area contributed by atoms with Crippen molar-refractivity contribution in [2.45, 2.75) is 227 Å². The van der Waals surface area contributed by atoms with Crippen LogP contribution in [0.15, 0.2) is 24.3 Å². The van der Waals surface area contributed by atoms with Gasteiger partial charge in [0.25, 0.3) is 0 Å². The Morgan fingerprint density at radius 2 is 0.467 bits per heavy atom. The Morgan fingerprint density at radius 1 is 0.289 bits per heavy atom. The first-order valence-corrected chi connectivity index (χ1v) is 23.4. The van der Waals surface area contributed by atoms with E-state index in [1.54, 1.807) is 154 Å². The van der Waals surface area contributed by atoms with E-state index in [1.165, 1.54) is 72.5 Å². The first kappa shape index (κ1) is 38.4. The van der Waals surface area contributed by atoms with Gasteiger partial charge in [-0.25, -0.2) is 0 Å². The summed E-state index contributed by atoms with van der Waals surface area (Å²) in [4.78, 5) is 0. The molecule has 6 aliphatic rings. The second-order valence-electron chi connectivity index (χ2n) is 15.7. The van der Waals surface area contributed by atoms with Crippen LogP contribution in [0, 0.1) is 12.1 Å². The molecule has 7 rings (SSSR count). The molecule has 6 saturated carbocycles. The van der Waals surface area contributed by atoms with E-state index in [0.717, 1.165) is 0 Å². The summed E-state index contributed by atoms with van der Waals surface area (Å²) in [5, 5.41) is 0. The molecule has 0 aromatic heterocycles. The summed E-state index contributed by atoms with van der Waals surface area (Å²) < 4.78 is 0. The molecule has 0 atom stereocenters. The quantitative estimate of drug-likeness (QED) is 0.201. The standard InChI is InChI=1S/2C18H33P.C6H4.Pd/c2*1-4-10-16(11-5-1)19(17-12-6-2-7-13-17)18-14-8-3-9-15-18;1-2-4-6-5-3-1;/h2*16-18H,1-15H2;1-4H;. The van der Waals surface area contributed by atoms with Crippen molar-refractivity contribution in [3.63, 3.8) is 0 Å². The van der Waals surface area contributed by atoms with Crippen LogP contribution in [0.1, 0.15) is 193 Å². The zero-order valence-corrected chi connectivity index (χ0v) is 32.5. The van der Waals surface area contributed by atoms with Crippen LogP contribution in [0.2, 0.25) is 0 Å². The first-order chi connectivity index (χ1) is 21.9. The summed E-state index contributed by atoms with van der Waals surface area (Å²) in [5.74, 6) is 0. The van der Waals surface area contributed by atoms with Crippen molar-refractivity contribution in [2.24, 2.45) is 0 Å². The second kappa shape index (κ2) is 23.1. The average molecular weight is 743 g/mol. The summed E-state index contributed by atoms with van der Waals surface area (Å²) in [6, 6.07) is 13.0. The maximum absolute atomic E-state index is 2.77. The molecule has 0 amide bonds. The van der Waals surface area contributed by atoms with Gasteiger partial charge < -0.3 is 0 Å². The van der Waals surface area contributed by atoms with Gasteiger partial charge in [0.1, 0.15) is 0 Å². The molecule has 1 aromatic carbocycles. The molecule has 0 N–H and O–H groups in total. The molecule has 6 aliphatic carbocycles. The Balaban J connectivity index is 0.000000170. The summed E-state index contributed by atoms with van der Waals surface area (Å²) >= 11 is 0. The third-order valence-corrected chi connectivity index (χ3v) is 20.7. The molecule has 0 unspecified atom stereocenters. The molecule has 0 heterocycles. The van der Waals surface area contributed by atoms with Crippen molar-refractivity contribution in [3.8, 4) is 0 Å². The molecule has 45 heavy (non-hydrogen) atoms. The topological polar surface area (TPSA) is 0 Å². The number of hydrogen-bond acceptors (Lipinski definition) is 0. The SMILES string of the molecule is C1CCC(P(C2CCCCC2)C2CCCCC2)CC1.C1CCC(P(C2CCCCC2)C2CCCCC2)CC1.[Pd].c1ccccc#1. The molecule has 0 radical (unpaired) electrons. The molecular formula is C42H70P2Pd. The van der Waals surface area contributed by atoms with E-state index < -0.39 is 0 Å². The zero-order chi connectivity index (χ0) is 30.1. The van der Waals surface area contributed by atoms with Crippen molar-refractivity contribution in [3.05, 3.63) is 36.4 Å². The van der Waals surface area contributed by atoms with Crippen LogP contribution in [0.5, 0.6) is 0 Å². The van der Waals surface area contributed by atoms with Crippen LogP contribution in [0.4, 0.5) is 0 Å².